The number of nitrogens with one attached hydrogen (secondary N) is 2. The summed E-state index contributed by atoms with van der Waals surface area (Å²) >= 11 is 1.53. The van der Waals surface area contributed by atoms with E-state index in [1.165, 1.54) is 11.3 Å². The summed E-state index contributed by atoms with van der Waals surface area (Å²) in [5.74, 6) is 1.07. The predicted molar refractivity (Wildman–Crippen MR) is 92.8 cm³/mol. The second kappa shape index (κ2) is 8.12. The van der Waals surface area contributed by atoms with E-state index in [-0.39, 0.29) is 11.9 Å². The van der Waals surface area contributed by atoms with Crippen LogP contribution in [-0.4, -0.2) is 37.1 Å². The zero-order valence-corrected chi connectivity index (χ0v) is 14.4. The first-order valence-corrected chi connectivity index (χ1v) is 8.90. The predicted octanol–water partition coefficient (Wildman–Crippen LogP) is 2.21. The molecule has 0 aliphatic carbocycles. The molecule has 7 heteroatoms. The summed E-state index contributed by atoms with van der Waals surface area (Å²) in [5, 5.41) is 8.30. The van der Waals surface area contributed by atoms with Gasteiger partial charge < -0.3 is 20.1 Å². The molecule has 0 spiro atoms. The number of hydrogen-bond acceptors (Lipinski definition) is 6. The third-order valence-corrected chi connectivity index (χ3v) is 4.59. The Balaban J connectivity index is 1.65. The first-order valence-electron chi connectivity index (χ1n) is 7.96. The van der Waals surface area contributed by atoms with Gasteiger partial charge in [-0.25, -0.2) is 4.98 Å². The maximum absolute atomic E-state index is 12.4. The molecule has 2 heterocycles. The molecule has 1 aliphatic heterocycles. The minimum absolute atomic E-state index is 0.0775. The van der Waals surface area contributed by atoms with Crippen molar-refractivity contribution in [1.29, 1.82) is 0 Å². The Labute approximate surface area is 145 Å². The Morgan fingerprint density at radius 1 is 1.38 bits per heavy atom. The Morgan fingerprint density at radius 2 is 2.21 bits per heavy atom. The second-order valence-electron chi connectivity index (χ2n) is 5.63. The van der Waals surface area contributed by atoms with Crippen LogP contribution in [0.2, 0.25) is 0 Å². The van der Waals surface area contributed by atoms with Crippen molar-refractivity contribution in [2.75, 3.05) is 20.2 Å². The molecular formula is C17H21N3O3S. The molecule has 0 unspecified atom stereocenters. The van der Waals surface area contributed by atoms with E-state index < -0.39 is 0 Å². The van der Waals surface area contributed by atoms with Gasteiger partial charge in [0.05, 0.1) is 18.3 Å². The number of rotatable bonds is 6. The normalized spacial score (nSPS) is 15.0. The van der Waals surface area contributed by atoms with Crippen molar-refractivity contribution in [2.24, 2.45) is 0 Å². The second-order valence-corrected chi connectivity index (χ2v) is 6.35. The van der Waals surface area contributed by atoms with E-state index in [4.69, 9.17) is 9.47 Å². The Morgan fingerprint density at radius 3 is 2.92 bits per heavy atom. The van der Waals surface area contributed by atoms with Gasteiger partial charge in [-0.1, -0.05) is 0 Å². The van der Waals surface area contributed by atoms with Gasteiger partial charge in [-0.05, 0) is 44.1 Å². The lowest BCUT2D eigenvalue weighted by atomic mass is 10.1. The summed E-state index contributed by atoms with van der Waals surface area (Å²) in [5.41, 5.74) is 3.21. The van der Waals surface area contributed by atoms with Crippen molar-refractivity contribution in [3.8, 4) is 11.5 Å². The summed E-state index contributed by atoms with van der Waals surface area (Å²) in [7, 11) is 1.57. The monoisotopic (exact) mass is 347 g/mol. The fourth-order valence-corrected chi connectivity index (χ4v) is 3.17. The largest absolute Gasteiger partial charge is 0.493 e. The molecule has 1 aromatic carbocycles. The lowest BCUT2D eigenvalue weighted by Gasteiger charge is -2.23. The lowest BCUT2D eigenvalue weighted by Crippen LogP contribution is -2.42. The van der Waals surface area contributed by atoms with Gasteiger partial charge in [0.15, 0.2) is 11.5 Å². The van der Waals surface area contributed by atoms with Gasteiger partial charge in [-0.3, -0.25) is 4.79 Å². The number of nitrogens with zero attached hydrogens (tertiary/aromatic N) is 1. The van der Waals surface area contributed by atoms with Crippen LogP contribution in [0, 0.1) is 0 Å². The summed E-state index contributed by atoms with van der Waals surface area (Å²) in [6.07, 6.45) is 1.91. The number of thiazole rings is 1. The fourth-order valence-electron chi connectivity index (χ4n) is 2.62. The van der Waals surface area contributed by atoms with Crippen LogP contribution in [0.3, 0.4) is 0 Å². The van der Waals surface area contributed by atoms with Gasteiger partial charge in [0.2, 0.25) is 0 Å². The fraction of sp³-hybridized carbons (Fsp3) is 0.412. The van der Waals surface area contributed by atoms with Gasteiger partial charge in [-0.2, -0.15) is 0 Å². The first-order chi connectivity index (χ1) is 11.8. The van der Waals surface area contributed by atoms with Gasteiger partial charge in [-0.15, -0.1) is 11.3 Å². The molecule has 0 atom stereocenters. The number of ether oxygens (including phenoxy) is 2. The highest BCUT2D eigenvalue weighted by molar-refractivity contribution is 7.07. The molecule has 1 aromatic heterocycles. The average molecular weight is 347 g/mol. The number of carbonyl (C=O) groups excluding carboxylic acids is 1. The van der Waals surface area contributed by atoms with E-state index in [9.17, 15) is 4.79 Å². The number of benzene rings is 1. The quantitative estimate of drug-likeness (QED) is 0.838. The van der Waals surface area contributed by atoms with E-state index in [2.05, 4.69) is 15.6 Å². The summed E-state index contributed by atoms with van der Waals surface area (Å²) in [4.78, 5) is 16.6. The van der Waals surface area contributed by atoms with Crippen LogP contribution in [0.5, 0.6) is 11.5 Å². The molecule has 1 saturated heterocycles. The van der Waals surface area contributed by atoms with Crippen LogP contribution < -0.4 is 20.1 Å². The number of amides is 1. The molecule has 0 bridgehead atoms. The molecule has 1 fully saturated rings. The van der Waals surface area contributed by atoms with Gasteiger partial charge in [0.25, 0.3) is 5.91 Å². The van der Waals surface area contributed by atoms with E-state index in [1.54, 1.807) is 30.8 Å². The highest BCUT2D eigenvalue weighted by Gasteiger charge is 2.17. The lowest BCUT2D eigenvalue weighted by molar-refractivity contribution is 0.0929. The van der Waals surface area contributed by atoms with Crippen LogP contribution in [0.1, 0.15) is 28.9 Å². The van der Waals surface area contributed by atoms with Crippen LogP contribution in [0.15, 0.2) is 29.1 Å². The molecule has 1 aliphatic rings. The SMILES string of the molecule is COc1cc(C(=O)NC2CCNCC2)ccc1OCc1cscn1. The zero-order chi connectivity index (χ0) is 16.8. The van der Waals surface area contributed by atoms with Crippen molar-refractivity contribution in [1.82, 2.24) is 15.6 Å². The first kappa shape index (κ1) is 16.7. The Kier molecular flexibility index (Phi) is 5.66. The molecular weight excluding hydrogens is 326 g/mol. The van der Waals surface area contributed by atoms with Crippen molar-refractivity contribution in [3.05, 3.63) is 40.3 Å². The molecule has 0 radical (unpaired) electrons. The van der Waals surface area contributed by atoms with E-state index in [0.717, 1.165) is 31.6 Å². The summed E-state index contributed by atoms with van der Waals surface area (Å²) < 4.78 is 11.1. The summed E-state index contributed by atoms with van der Waals surface area (Å²) in [6, 6.07) is 5.47. The maximum Gasteiger partial charge on any atom is 0.251 e. The van der Waals surface area contributed by atoms with Gasteiger partial charge in [0.1, 0.15) is 6.61 Å². The standard InChI is InChI=1S/C17H21N3O3S/c1-22-16-8-12(17(21)20-13-4-6-18-7-5-13)2-3-15(16)23-9-14-10-24-11-19-14/h2-3,8,10-11,13,18H,4-7,9H2,1H3,(H,20,21). The number of methoxy groups -OCH3 is 1. The molecule has 3 rings (SSSR count). The Bertz CT molecular complexity index is 670. The van der Waals surface area contributed by atoms with Gasteiger partial charge >= 0.3 is 0 Å². The topological polar surface area (TPSA) is 72.5 Å². The van der Waals surface area contributed by atoms with Crippen molar-refractivity contribution >= 4 is 17.2 Å². The number of piperidine rings is 1. The molecule has 2 aromatic rings. The number of carbonyl (C=O) groups is 1. The Hall–Kier alpha value is -2.12. The zero-order valence-electron chi connectivity index (χ0n) is 13.6. The third kappa shape index (κ3) is 4.24. The molecule has 24 heavy (non-hydrogen) atoms. The van der Waals surface area contributed by atoms with E-state index >= 15 is 0 Å². The van der Waals surface area contributed by atoms with E-state index in [1.807, 2.05) is 5.38 Å². The van der Waals surface area contributed by atoms with Gasteiger partial charge in [0, 0.05) is 17.0 Å². The van der Waals surface area contributed by atoms with E-state index in [0.29, 0.717) is 23.7 Å². The van der Waals surface area contributed by atoms with Crippen LogP contribution >= 0.6 is 11.3 Å². The van der Waals surface area contributed by atoms with Crippen molar-refractivity contribution in [2.45, 2.75) is 25.5 Å². The highest BCUT2D eigenvalue weighted by Crippen LogP contribution is 2.29. The van der Waals surface area contributed by atoms with Crippen molar-refractivity contribution in [3.63, 3.8) is 0 Å². The number of hydrogen-bond donors (Lipinski definition) is 2. The molecule has 128 valence electrons. The maximum atomic E-state index is 12.4. The van der Waals surface area contributed by atoms with Crippen LogP contribution in [-0.2, 0) is 6.61 Å². The minimum atomic E-state index is -0.0775. The molecule has 2 N–H and O–H groups in total. The average Bonchev–Trinajstić information content (AvgIpc) is 3.14. The van der Waals surface area contributed by atoms with Crippen LogP contribution in [0.4, 0.5) is 0 Å². The summed E-state index contributed by atoms with van der Waals surface area (Å²) in [6.45, 7) is 2.26. The third-order valence-electron chi connectivity index (χ3n) is 3.96. The minimum Gasteiger partial charge on any atom is -0.493 e. The molecule has 6 nitrogen and oxygen atoms in total. The van der Waals surface area contributed by atoms with Crippen molar-refractivity contribution < 1.29 is 14.3 Å². The smallest absolute Gasteiger partial charge is 0.251 e. The van der Waals surface area contributed by atoms with Crippen LogP contribution in [0.25, 0.3) is 0 Å². The highest BCUT2D eigenvalue weighted by atomic mass is 32.1. The molecule has 1 amide bonds. The number of aromatic nitrogens is 1. The molecule has 0 saturated carbocycles.